The molecule has 0 aliphatic carbocycles. The van der Waals surface area contributed by atoms with Crippen molar-refractivity contribution >= 4 is 23.6 Å². The molecule has 0 aliphatic heterocycles. The summed E-state index contributed by atoms with van der Waals surface area (Å²) in [6.07, 6.45) is 0. The number of carboxylic acid groups (broad SMARTS) is 1. The van der Waals surface area contributed by atoms with E-state index in [-0.39, 0.29) is 25.3 Å². The van der Waals surface area contributed by atoms with Crippen molar-refractivity contribution in [3.63, 3.8) is 0 Å². The van der Waals surface area contributed by atoms with Crippen molar-refractivity contribution in [1.29, 1.82) is 0 Å². The number of aromatic carboxylic acids is 1. The van der Waals surface area contributed by atoms with E-state index in [9.17, 15) is 14.4 Å². The fourth-order valence-electron chi connectivity index (χ4n) is 1.47. The fourth-order valence-corrected chi connectivity index (χ4v) is 1.47. The van der Waals surface area contributed by atoms with E-state index in [1.807, 2.05) is 0 Å². The average Bonchev–Trinajstić information content (AvgIpc) is 2.40. The summed E-state index contributed by atoms with van der Waals surface area (Å²) in [6, 6.07) is 3.94. The Morgan fingerprint density at radius 2 is 2.05 bits per heavy atom. The molecule has 0 heterocycles. The number of benzene rings is 1. The van der Waals surface area contributed by atoms with Crippen molar-refractivity contribution in [3.8, 4) is 0 Å². The molecule has 0 saturated carbocycles. The molecule has 1 aromatic carbocycles. The normalized spacial score (nSPS) is 9.95. The summed E-state index contributed by atoms with van der Waals surface area (Å²) in [7, 11) is 0. The van der Waals surface area contributed by atoms with E-state index in [0.717, 1.165) is 5.56 Å². The molecule has 0 unspecified atom stereocenters. The molecular formula is C13H17N3O5. The third kappa shape index (κ3) is 5.91. The van der Waals surface area contributed by atoms with Gasteiger partial charge in [-0.3, -0.25) is 4.79 Å². The van der Waals surface area contributed by atoms with Crippen molar-refractivity contribution in [2.75, 3.05) is 25.1 Å². The second-order valence-corrected chi connectivity index (χ2v) is 4.23. The molecule has 0 atom stereocenters. The van der Waals surface area contributed by atoms with Gasteiger partial charge in [-0.15, -0.1) is 0 Å². The number of carbonyl (C=O) groups is 3. The molecule has 0 fully saturated rings. The number of amides is 3. The van der Waals surface area contributed by atoms with Gasteiger partial charge in [0, 0.05) is 12.2 Å². The Kier molecular flexibility index (Phi) is 6.15. The van der Waals surface area contributed by atoms with E-state index >= 15 is 0 Å². The van der Waals surface area contributed by atoms with Crippen LogP contribution in [0.15, 0.2) is 18.2 Å². The summed E-state index contributed by atoms with van der Waals surface area (Å²) in [6.45, 7) is 1.88. The molecule has 3 amide bonds. The monoisotopic (exact) mass is 295 g/mol. The van der Waals surface area contributed by atoms with Gasteiger partial charge in [-0.25, -0.2) is 9.59 Å². The van der Waals surface area contributed by atoms with Crippen molar-refractivity contribution in [3.05, 3.63) is 29.3 Å². The van der Waals surface area contributed by atoms with Crippen LogP contribution in [0.5, 0.6) is 0 Å². The molecule has 0 spiro atoms. The maximum absolute atomic E-state index is 11.6. The molecule has 5 N–H and O–H groups in total. The molecule has 0 aliphatic rings. The van der Waals surface area contributed by atoms with Gasteiger partial charge in [-0.1, -0.05) is 6.07 Å². The van der Waals surface area contributed by atoms with E-state index in [2.05, 4.69) is 10.6 Å². The second-order valence-electron chi connectivity index (χ2n) is 4.23. The quantitative estimate of drug-likeness (QED) is 0.538. The third-order valence-corrected chi connectivity index (χ3v) is 2.51. The van der Waals surface area contributed by atoms with Crippen LogP contribution in [0.4, 0.5) is 10.5 Å². The SMILES string of the molecule is Cc1ccc(C(=O)O)cc1NC(=O)NCCOCC(N)=O. The smallest absolute Gasteiger partial charge is 0.335 e. The molecule has 0 radical (unpaired) electrons. The number of carbonyl (C=O) groups excluding carboxylic acids is 2. The Morgan fingerprint density at radius 1 is 1.33 bits per heavy atom. The number of aryl methyl sites for hydroxylation is 1. The second kappa shape index (κ2) is 7.85. The number of primary amides is 1. The summed E-state index contributed by atoms with van der Waals surface area (Å²) >= 11 is 0. The van der Waals surface area contributed by atoms with E-state index in [4.69, 9.17) is 15.6 Å². The van der Waals surface area contributed by atoms with Crippen LogP contribution in [0.2, 0.25) is 0 Å². The average molecular weight is 295 g/mol. The van der Waals surface area contributed by atoms with Crippen LogP contribution in [0.3, 0.4) is 0 Å². The van der Waals surface area contributed by atoms with Gasteiger partial charge in [0.25, 0.3) is 0 Å². The maximum atomic E-state index is 11.6. The number of hydrogen-bond donors (Lipinski definition) is 4. The van der Waals surface area contributed by atoms with Gasteiger partial charge in [0.2, 0.25) is 5.91 Å². The number of nitrogens with two attached hydrogens (primary N) is 1. The van der Waals surface area contributed by atoms with Crippen LogP contribution in [0.25, 0.3) is 0 Å². The highest BCUT2D eigenvalue weighted by atomic mass is 16.5. The predicted molar refractivity (Wildman–Crippen MR) is 75.2 cm³/mol. The first kappa shape index (κ1) is 16.4. The number of urea groups is 1. The van der Waals surface area contributed by atoms with Gasteiger partial charge in [0.1, 0.15) is 6.61 Å². The molecule has 0 aromatic heterocycles. The van der Waals surface area contributed by atoms with Gasteiger partial charge in [0.15, 0.2) is 0 Å². The van der Waals surface area contributed by atoms with Crippen LogP contribution >= 0.6 is 0 Å². The number of carboxylic acids is 1. The molecular weight excluding hydrogens is 278 g/mol. The number of rotatable bonds is 7. The minimum absolute atomic E-state index is 0.0840. The molecule has 0 saturated heterocycles. The lowest BCUT2D eigenvalue weighted by Gasteiger charge is -2.10. The molecule has 114 valence electrons. The molecule has 1 aromatic rings. The van der Waals surface area contributed by atoms with Crippen molar-refractivity contribution in [2.24, 2.45) is 5.73 Å². The Balaban J connectivity index is 2.45. The van der Waals surface area contributed by atoms with Gasteiger partial charge in [0.05, 0.1) is 12.2 Å². The summed E-state index contributed by atoms with van der Waals surface area (Å²) < 4.78 is 4.88. The van der Waals surface area contributed by atoms with Crippen molar-refractivity contribution < 1.29 is 24.2 Å². The van der Waals surface area contributed by atoms with Crippen LogP contribution in [0.1, 0.15) is 15.9 Å². The van der Waals surface area contributed by atoms with Gasteiger partial charge >= 0.3 is 12.0 Å². The Morgan fingerprint density at radius 3 is 2.67 bits per heavy atom. The lowest BCUT2D eigenvalue weighted by atomic mass is 10.1. The first-order chi connectivity index (χ1) is 9.90. The number of hydrogen-bond acceptors (Lipinski definition) is 4. The zero-order valence-corrected chi connectivity index (χ0v) is 11.5. The highest BCUT2D eigenvalue weighted by Gasteiger charge is 2.08. The first-order valence-corrected chi connectivity index (χ1v) is 6.15. The van der Waals surface area contributed by atoms with E-state index in [0.29, 0.717) is 5.69 Å². The van der Waals surface area contributed by atoms with E-state index in [1.54, 1.807) is 13.0 Å². The van der Waals surface area contributed by atoms with E-state index < -0.39 is 17.9 Å². The molecule has 8 nitrogen and oxygen atoms in total. The molecule has 8 heteroatoms. The largest absolute Gasteiger partial charge is 0.478 e. The Hall–Kier alpha value is -2.61. The molecule has 1 rings (SSSR count). The topological polar surface area (TPSA) is 131 Å². The lowest BCUT2D eigenvalue weighted by Crippen LogP contribution is -2.32. The highest BCUT2D eigenvalue weighted by Crippen LogP contribution is 2.16. The zero-order valence-electron chi connectivity index (χ0n) is 11.5. The number of nitrogens with one attached hydrogen (secondary N) is 2. The maximum Gasteiger partial charge on any atom is 0.335 e. The zero-order chi connectivity index (χ0) is 15.8. The lowest BCUT2D eigenvalue weighted by molar-refractivity contribution is -0.122. The van der Waals surface area contributed by atoms with Crippen molar-refractivity contribution in [2.45, 2.75) is 6.92 Å². The van der Waals surface area contributed by atoms with Crippen molar-refractivity contribution in [1.82, 2.24) is 5.32 Å². The van der Waals surface area contributed by atoms with Crippen LogP contribution < -0.4 is 16.4 Å². The third-order valence-electron chi connectivity index (χ3n) is 2.51. The highest BCUT2D eigenvalue weighted by molar-refractivity contribution is 5.93. The van der Waals surface area contributed by atoms with Crippen LogP contribution in [0, 0.1) is 6.92 Å². The molecule has 0 bridgehead atoms. The number of ether oxygens (including phenoxy) is 1. The Bertz CT molecular complexity index is 545. The standard InChI is InChI=1S/C13H17N3O5/c1-8-2-3-9(12(18)19)6-10(8)16-13(20)15-4-5-21-7-11(14)17/h2-3,6H,4-5,7H2,1H3,(H2,14,17)(H,18,19)(H2,15,16,20). The summed E-state index contributed by atoms with van der Waals surface area (Å²) in [5.74, 6) is -1.65. The van der Waals surface area contributed by atoms with Crippen LogP contribution in [-0.2, 0) is 9.53 Å². The van der Waals surface area contributed by atoms with E-state index in [1.165, 1.54) is 12.1 Å². The summed E-state index contributed by atoms with van der Waals surface area (Å²) in [5.41, 5.74) is 6.11. The van der Waals surface area contributed by atoms with Gasteiger partial charge in [-0.05, 0) is 24.6 Å². The predicted octanol–water partition coefficient (Wildman–Crippen LogP) is 0.317. The molecule has 21 heavy (non-hydrogen) atoms. The first-order valence-electron chi connectivity index (χ1n) is 6.15. The van der Waals surface area contributed by atoms with Gasteiger partial charge < -0.3 is 26.2 Å². The minimum atomic E-state index is -1.07. The minimum Gasteiger partial charge on any atom is -0.478 e. The summed E-state index contributed by atoms with van der Waals surface area (Å²) in [5, 5.41) is 13.9. The summed E-state index contributed by atoms with van der Waals surface area (Å²) in [4.78, 5) is 32.9. The Labute approximate surface area is 121 Å². The number of anilines is 1. The van der Waals surface area contributed by atoms with Gasteiger partial charge in [-0.2, -0.15) is 0 Å². The fraction of sp³-hybridized carbons (Fsp3) is 0.308. The van der Waals surface area contributed by atoms with Crippen LogP contribution in [-0.4, -0.2) is 42.8 Å².